The van der Waals surface area contributed by atoms with Crippen LogP contribution in [0.25, 0.3) is 0 Å². The summed E-state index contributed by atoms with van der Waals surface area (Å²) >= 11 is 0. The number of hydrogen-bond donors (Lipinski definition) is 1. The van der Waals surface area contributed by atoms with Gasteiger partial charge in [0.05, 0.1) is 12.2 Å². The SMILES string of the molecule is CCN(Cc1ccc(C(=O)NCc2ccc(C(=O)N3CC(C)OC(C)C3)cc2)cc1)C(C)C. The molecule has 0 saturated carbocycles. The maximum Gasteiger partial charge on any atom is 0.254 e. The summed E-state index contributed by atoms with van der Waals surface area (Å²) in [7, 11) is 0. The Hall–Kier alpha value is -2.70. The van der Waals surface area contributed by atoms with Gasteiger partial charge in [-0.3, -0.25) is 14.5 Å². The first-order chi connectivity index (χ1) is 15.8. The quantitative estimate of drug-likeness (QED) is 0.657. The molecule has 2 aromatic carbocycles. The second kappa shape index (κ2) is 11.4. The fourth-order valence-corrected chi connectivity index (χ4v) is 4.23. The van der Waals surface area contributed by atoms with Crippen molar-refractivity contribution in [2.75, 3.05) is 19.6 Å². The number of carbonyl (C=O) groups excluding carboxylic acids is 2. The van der Waals surface area contributed by atoms with Crippen LogP contribution in [-0.2, 0) is 17.8 Å². The average Bonchev–Trinajstić information content (AvgIpc) is 2.80. The molecule has 1 fully saturated rings. The van der Waals surface area contributed by atoms with Gasteiger partial charge in [-0.05, 0) is 69.6 Å². The molecule has 0 bridgehead atoms. The number of morpholine rings is 1. The molecule has 3 rings (SSSR count). The van der Waals surface area contributed by atoms with E-state index in [9.17, 15) is 9.59 Å². The lowest BCUT2D eigenvalue weighted by Gasteiger charge is -2.35. The van der Waals surface area contributed by atoms with Crippen molar-refractivity contribution < 1.29 is 14.3 Å². The summed E-state index contributed by atoms with van der Waals surface area (Å²) in [6.07, 6.45) is 0.0871. The fraction of sp³-hybridized carbons (Fsp3) is 0.481. The van der Waals surface area contributed by atoms with Crippen molar-refractivity contribution >= 4 is 11.8 Å². The molecule has 1 aliphatic heterocycles. The predicted octanol–water partition coefficient (Wildman–Crippen LogP) is 4.10. The van der Waals surface area contributed by atoms with Crippen LogP contribution in [-0.4, -0.2) is 59.5 Å². The van der Waals surface area contributed by atoms with Gasteiger partial charge in [-0.15, -0.1) is 0 Å². The van der Waals surface area contributed by atoms with Crippen molar-refractivity contribution in [3.8, 4) is 0 Å². The summed E-state index contributed by atoms with van der Waals surface area (Å²) < 4.78 is 5.71. The molecular formula is C27H37N3O3. The highest BCUT2D eigenvalue weighted by atomic mass is 16.5. The van der Waals surface area contributed by atoms with Gasteiger partial charge in [0.25, 0.3) is 11.8 Å². The maximum atomic E-state index is 12.8. The predicted molar refractivity (Wildman–Crippen MR) is 131 cm³/mol. The van der Waals surface area contributed by atoms with E-state index in [2.05, 4.69) is 31.0 Å². The minimum Gasteiger partial charge on any atom is -0.372 e. The highest BCUT2D eigenvalue weighted by molar-refractivity contribution is 5.95. The Bertz CT molecular complexity index is 915. The molecule has 0 aliphatic carbocycles. The molecular weight excluding hydrogens is 414 g/mol. The van der Waals surface area contributed by atoms with Crippen molar-refractivity contribution in [2.24, 2.45) is 0 Å². The highest BCUT2D eigenvalue weighted by Crippen LogP contribution is 2.15. The molecule has 1 heterocycles. The van der Waals surface area contributed by atoms with Gasteiger partial charge < -0.3 is 15.0 Å². The number of nitrogens with one attached hydrogen (secondary N) is 1. The molecule has 2 amide bonds. The third kappa shape index (κ3) is 6.89. The Labute approximate surface area is 197 Å². The Morgan fingerprint density at radius 1 is 0.970 bits per heavy atom. The first-order valence-corrected chi connectivity index (χ1v) is 11.9. The van der Waals surface area contributed by atoms with E-state index in [0.29, 0.717) is 36.8 Å². The van der Waals surface area contributed by atoms with Crippen LogP contribution < -0.4 is 5.32 Å². The Morgan fingerprint density at radius 2 is 1.52 bits per heavy atom. The molecule has 6 heteroatoms. The van der Waals surface area contributed by atoms with E-state index in [1.165, 1.54) is 5.56 Å². The van der Waals surface area contributed by atoms with Crippen molar-refractivity contribution in [1.82, 2.24) is 15.1 Å². The molecule has 0 spiro atoms. The van der Waals surface area contributed by atoms with Gasteiger partial charge in [0.15, 0.2) is 0 Å². The topological polar surface area (TPSA) is 61.9 Å². The Balaban J connectivity index is 1.52. The van der Waals surface area contributed by atoms with Gasteiger partial charge >= 0.3 is 0 Å². The van der Waals surface area contributed by atoms with Crippen LogP contribution in [0.15, 0.2) is 48.5 Å². The normalized spacial score (nSPS) is 18.6. The fourth-order valence-electron chi connectivity index (χ4n) is 4.23. The summed E-state index contributed by atoms with van der Waals surface area (Å²) in [5, 5.41) is 2.97. The van der Waals surface area contributed by atoms with E-state index in [1.807, 2.05) is 67.3 Å². The van der Waals surface area contributed by atoms with E-state index >= 15 is 0 Å². The Morgan fingerprint density at radius 3 is 2.06 bits per heavy atom. The van der Waals surface area contributed by atoms with Gasteiger partial charge in [-0.1, -0.05) is 31.2 Å². The molecule has 178 valence electrons. The van der Waals surface area contributed by atoms with E-state index in [-0.39, 0.29) is 24.0 Å². The van der Waals surface area contributed by atoms with Crippen LogP contribution in [0.2, 0.25) is 0 Å². The average molecular weight is 452 g/mol. The summed E-state index contributed by atoms with van der Waals surface area (Å²) in [5.41, 5.74) is 3.46. The second-order valence-corrected chi connectivity index (χ2v) is 9.20. The molecule has 6 nitrogen and oxygen atoms in total. The third-order valence-electron chi connectivity index (χ3n) is 6.10. The van der Waals surface area contributed by atoms with Gasteiger partial charge in [0.1, 0.15) is 0 Å². The summed E-state index contributed by atoms with van der Waals surface area (Å²) in [6.45, 7) is 14.0. The van der Waals surface area contributed by atoms with Crippen molar-refractivity contribution in [3.05, 3.63) is 70.8 Å². The van der Waals surface area contributed by atoms with Gasteiger partial charge in [-0.25, -0.2) is 0 Å². The number of ether oxygens (including phenoxy) is 1. The first kappa shape index (κ1) is 24.9. The minimum absolute atomic E-state index is 0.0202. The van der Waals surface area contributed by atoms with Crippen molar-refractivity contribution in [3.63, 3.8) is 0 Å². The number of carbonyl (C=O) groups is 2. The van der Waals surface area contributed by atoms with E-state index < -0.39 is 0 Å². The second-order valence-electron chi connectivity index (χ2n) is 9.20. The summed E-state index contributed by atoms with van der Waals surface area (Å²) in [4.78, 5) is 29.6. The number of amides is 2. The van der Waals surface area contributed by atoms with Crippen LogP contribution >= 0.6 is 0 Å². The summed E-state index contributed by atoms with van der Waals surface area (Å²) in [5.74, 6) is -0.0824. The van der Waals surface area contributed by atoms with Crippen LogP contribution in [0, 0.1) is 0 Å². The number of rotatable bonds is 8. The smallest absolute Gasteiger partial charge is 0.254 e. The van der Waals surface area contributed by atoms with E-state index in [1.54, 1.807) is 0 Å². The van der Waals surface area contributed by atoms with Crippen LogP contribution in [0.4, 0.5) is 0 Å². The van der Waals surface area contributed by atoms with E-state index in [4.69, 9.17) is 4.74 Å². The molecule has 2 aromatic rings. The zero-order chi connectivity index (χ0) is 24.0. The number of benzene rings is 2. The largest absolute Gasteiger partial charge is 0.372 e. The maximum absolute atomic E-state index is 12.8. The summed E-state index contributed by atoms with van der Waals surface area (Å²) in [6, 6.07) is 15.7. The number of hydrogen-bond acceptors (Lipinski definition) is 4. The lowest BCUT2D eigenvalue weighted by atomic mass is 10.1. The van der Waals surface area contributed by atoms with Gasteiger partial charge in [0, 0.05) is 43.3 Å². The van der Waals surface area contributed by atoms with Crippen LogP contribution in [0.1, 0.15) is 66.5 Å². The molecule has 2 unspecified atom stereocenters. The zero-order valence-electron chi connectivity index (χ0n) is 20.5. The standard InChI is InChI=1S/C27H37N3O3/c1-6-29(19(2)3)18-23-9-11-24(12-10-23)26(31)28-15-22-7-13-25(14-8-22)27(32)30-16-20(4)33-21(5)17-30/h7-14,19-21H,6,15-18H2,1-5H3,(H,28,31). The van der Waals surface area contributed by atoms with Gasteiger partial charge in [-0.2, -0.15) is 0 Å². The lowest BCUT2D eigenvalue weighted by molar-refractivity contribution is -0.0586. The molecule has 0 aromatic heterocycles. The Kier molecular flexibility index (Phi) is 8.64. The van der Waals surface area contributed by atoms with Crippen LogP contribution in [0.5, 0.6) is 0 Å². The molecule has 0 radical (unpaired) electrons. The molecule has 1 saturated heterocycles. The third-order valence-corrected chi connectivity index (χ3v) is 6.10. The zero-order valence-corrected chi connectivity index (χ0v) is 20.5. The van der Waals surface area contributed by atoms with Crippen molar-refractivity contribution in [1.29, 1.82) is 0 Å². The monoisotopic (exact) mass is 451 g/mol. The van der Waals surface area contributed by atoms with Crippen LogP contribution in [0.3, 0.4) is 0 Å². The molecule has 1 N–H and O–H groups in total. The first-order valence-electron chi connectivity index (χ1n) is 11.9. The molecule has 2 atom stereocenters. The minimum atomic E-state index is -0.103. The highest BCUT2D eigenvalue weighted by Gasteiger charge is 2.26. The number of nitrogens with zero attached hydrogens (tertiary/aromatic N) is 2. The molecule has 1 aliphatic rings. The van der Waals surface area contributed by atoms with Crippen molar-refractivity contribution in [2.45, 2.75) is 66.0 Å². The lowest BCUT2D eigenvalue weighted by Crippen LogP contribution is -2.48. The molecule has 33 heavy (non-hydrogen) atoms. The van der Waals surface area contributed by atoms with E-state index in [0.717, 1.165) is 18.7 Å². The van der Waals surface area contributed by atoms with Gasteiger partial charge in [0.2, 0.25) is 0 Å².